The van der Waals surface area contributed by atoms with E-state index >= 15 is 0 Å². The average Bonchev–Trinajstić information content (AvgIpc) is 3.70. The fourth-order valence-electron chi connectivity index (χ4n) is 4.23. The van der Waals surface area contributed by atoms with Gasteiger partial charge in [0.15, 0.2) is 11.6 Å². The van der Waals surface area contributed by atoms with Crippen molar-refractivity contribution in [3.05, 3.63) is 59.7 Å². The molecule has 0 bridgehead atoms. The zero-order chi connectivity index (χ0) is 26.3. The molecule has 4 aromatic rings. The van der Waals surface area contributed by atoms with Gasteiger partial charge in [-0.05, 0) is 31.9 Å². The van der Waals surface area contributed by atoms with Crippen molar-refractivity contribution in [1.82, 2.24) is 35.6 Å². The molecule has 13 heteroatoms. The molecule has 4 N–H and O–H groups in total. The van der Waals surface area contributed by atoms with Crippen LogP contribution in [0.25, 0.3) is 11.4 Å². The third-order valence-electron chi connectivity index (χ3n) is 5.97. The van der Waals surface area contributed by atoms with Crippen LogP contribution in [0.2, 0.25) is 0 Å². The van der Waals surface area contributed by atoms with Crippen LogP contribution in [-0.4, -0.2) is 74.2 Å². The fourth-order valence-corrected chi connectivity index (χ4v) is 4.23. The van der Waals surface area contributed by atoms with Gasteiger partial charge in [0.2, 0.25) is 5.95 Å². The summed E-state index contributed by atoms with van der Waals surface area (Å²) < 4.78 is 10.9. The normalized spacial score (nSPS) is 15.1. The number of amides is 1. The van der Waals surface area contributed by atoms with E-state index in [1.54, 1.807) is 12.3 Å². The molecule has 1 aliphatic rings. The molecule has 1 saturated heterocycles. The summed E-state index contributed by atoms with van der Waals surface area (Å²) >= 11 is 0. The van der Waals surface area contributed by atoms with Crippen molar-refractivity contribution in [3.63, 3.8) is 0 Å². The first-order chi connectivity index (χ1) is 18.6. The van der Waals surface area contributed by atoms with Gasteiger partial charge in [0.25, 0.3) is 5.91 Å². The quantitative estimate of drug-likeness (QED) is 0.215. The van der Waals surface area contributed by atoms with Crippen LogP contribution in [-0.2, 0) is 4.74 Å². The lowest BCUT2D eigenvalue weighted by molar-refractivity contribution is 0.0835. The molecule has 0 radical (unpaired) electrons. The number of aromatic amines is 1. The van der Waals surface area contributed by atoms with Crippen LogP contribution in [0, 0.1) is 6.92 Å². The molecule has 1 amide bonds. The van der Waals surface area contributed by atoms with Crippen molar-refractivity contribution in [2.75, 3.05) is 43.1 Å². The SMILES string of the molecule is Cc1cc(Nc2cc(C(=O)NCCOCCO)nc(N3CCCC3c3cc(-c4ccccn4)no3)n2)n[nH]1. The van der Waals surface area contributed by atoms with Crippen LogP contribution < -0.4 is 15.5 Å². The summed E-state index contributed by atoms with van der Waals surface area (Å²) in [4.78, 5) is 28.6. The lowest BCUT2D eigenvalue weighted by atomic mass is 10.1. The van der Waals surface area contributed by atoms with Crippen molar-refractivity contribution in [1.29, 1.82) is 0 Å². The second-order valence-electron chi connectivity index (χ2n) is 8.77. The van der Waals surface area contributed by atoms with Crippen LogP contribution in [0.3, 0.4) is 0 Å². The van der Waals surface area contributed by atoms with E-state index in [9.17, 15) is 4.79 Å². The molecular weight excluding hydrogens is 490 g/mol. The molecule has 1 unspecified atom stereocenters. The van der Waals surface area contributed by atoms with Crippen LogP contribution >= 0.6 is 0 Å². The highest BCUT2D eigenvalue weighted by Crippen LogP contribution is 2.36. The molecule has 38 heavy (non-hydrogen) atoms. The van der Waals surface area contributed by atoms with Crippen LogP contribution in [0.5, 0.6) is 0 Å². The van der Waals surface area contributed by atoms with Gasteiger partial charge < -0.3 is 29.9 Å². The first kappa shape index (κ1) is 25.3. The number of rotatable bonds is 11. The summed E-state index contributed by atoms with van der Waals surface area (Å²) in [7, 11) is 0. The number of aromatic nitrogens is 6. The molecule has 13 nitrogen and oxygen atoms in total. The van der Waals surface area contributed by atoms with E-state index in [-0.39, 0.29) is 44.0 Å². The van der Waals surface area contributed by atoms with Crippen molar-refractivity contribution >= 4 is 23.5 Å². The monoisotopic (exact) mass is 519 g/mol. The molecule has 5 heterocycles. The minimum absolute atomic E-state index is 0.0730. The number of nitrogens with zero attached hydrogens (tertiary/aromatic N) is 6. The van der Waals surface area contributed by atoms with Crippen LogP contribution in [0.4, 0.5) is 17.6 Å². The van der Waals surface area contributed by atoms with Gasteiger partial charge >= 0.3 is 0 Å². The highest BCUT2D eigenvalue weighted by atomic mass is 16.5. The number of carbonyl (C=O) groups excluding carboxylic acids is 1. The van der Waals surface area contributed by atoms with Crippen molar-refractivity contribution < 1.29 is 19.2 Å². The Balaban J connectivity index is 1.40. The number of pyridine rings is 1. The molecule has 1 atom stereocenters. The molecule has 0 aromatic carbocycles. The van der Waals surface area contributed by atoms with E-state index in [4.69, 9.17) is 19.4 Å². The van der Waals surface area contributed by atoms with Crippen LogP contribution in [0.15, 0.2) is 47.1 Å². The highest BCUT2D eigenvalue weighted by Gasteiger charge is 2.32. The topological polar surface area (TPSA) is 167 Å². The Morgan fingerprint density at radius 2 is 2.13 bits per heavy atom. The van der Waals surface area contributed by atoms with E-state index in [0.29, 0.717) is 35.6 Å². The summed E-state index contributed by atoms with van der Waals surface area (Å²) in [6.07, 6.45) is 3.43. The van der Waals surface area contributed by atoms with Gasteiger partial charge in [-0.1, -0.05) is 11.2 Å². The summed E-state index contributed by atoms with van der Waals surface area (Å²) in [5, 5.41) is 26.1. The molecule has 0 spiro atoms. The number of aliphatic hydroxyl groups excluding tert-OH is 1. The first-order valence-electron chi connectivity index (χ1n) is 12.4. The number of nitrogens with one attached hydrogen (secondary N) is 3. The van der Waals surface area contributed by atoms with Gasteiger partial charge in [-0.2, -0.15) is 10.1 Å². The largest absolute Gasteiger partial charge is 0.394 e. The van der Waals surface area contributed by atoms with E-state index < -0.39 is 0 Å². The summed E-state index contributed by atoms with van der Waals surface area (Å²) in [5.74, 6) is 1.71. The number of H-pyrrole nitrogens is 1. The predicted molar refractivity (Wildman–Crippen MR) is 138 cm³/mol. The average molecular weight is 520 g/mol. The second-order valence-corrected chi connectivity index (χ2v) is 8.77. The number of hydrogen-bond acceptors (Lipinski definition) is 11. The van der Waals surface area contributed by atoms with E-state index in [2.05, 4.69) is 36.0 Å². The van der Waals surface area contributed by atoms with Gasteiger partial charge in [-0.3, -0.25) is 14.9 Å². The third kappa shape index (κ3) is 5.95. The predicted octanol–water partition coefficient (Wildman–Crippen LogP) is 2.38. The van der Waals surface area contributed by atoms with E-state index in [0.717, 1.165) is 24.2 Å². The Hall–Kier alpha value is -4.36. The van der Waals surface area contributed by atoms with Crippen molar-refractivity contribution in [2.24, 2.45) is 0 Å². The number of ether oxygens (including phenoxy) is 1. The Labute approximate surface area is 218 Å². The van der Waals surface area contributed by atoms with Gasteiger partial charge in [0.05, 0.1) is 31.6 Å². The Bertz CT molecular complexity index is 1360. The zero-order valence-electron chi connectivity index (χ0n) is 20.9. The first-order valence-corrected chi connectivity index (χ1v) is 12.4. The number of aryl methyl sites for hydroxylation is 1. The number of anilines is 3. The molecular formula is C25H29N9O4. The summed E-state index contributed by atoms with van der Waals surface area (Å²) in [6.45, 7) is 3.28. The molecule has 1 aliphatic heterocycles. The minimum Gasteiger partial charge on any atom is -0.394 e. The van der Waals surface area contributed by atoms with Crippen molar-refractivity contribution in [3.8, 4) is 11.4 Å². The third-order valence-corrected chi connectivity index (χ3v) is 5.97. The maximum Gasteiger partial charge on any atom is 0.270 e. The van der Waals surface area contributed by atoms with Crippen molar-refractivity contribution in [2.45, 2.75) is 25.8 Å². The van der Waals surface area contributed by atoms with Gasteiger partial charge in [0.1, 0.15) is 17.2 Å². The molecule has 0 saturated carbocycles. The molecule has 5 rings (SSSR count). The lowest BCUT2D eigenvalue weighted by Crippen LogP contribution is -2.30. The smallest absolute Gasteiger partial charge is 0.270 e. The standard InChI is InChI=1S/C25H29N9O4/c1-16-13-23(32-31-16)29-22-15-19(24(36)27-8-11-37-12-10-35)28-25(30-22)34-9-4-6-20(34)21-14-18(33-38-21)17-5-2-3-7-26-17/h2-3,5,7,13-15,20,35H,4,6,8-12H2,1H3,(H,27,36)(H2,28,29,30,31,32). The Morgan fingerprint density at radius 3 is 2.92 bits per heavy atom. The maximum absolute atomic E-state index is 13.0. The molecule has 0 aliphatic carbocycles. The fraction of sp³-hybridized carbons (Fsp3) is 0.360. The number of hydrogen-bond donors (Lipinski definition) is 4. The summed E-state index contributed by atoms with van der Waals surface area (Å²) in [5.41, 5.74) is 2.47. The van der Waals surface area contributed by atoms with E-state index in [1.165, 1.54) is 0 Å². The molecule has 198 valence electrons. The van der Waals surface area contributed by atoms with Crippen LogP contribution in [0.1, 0.15) is 40.8 Å². The lowest BCUT2D eigenvalue weighted by Gasteiger charge is -2.23. The van der Waals surface area contributed by atoms with Gasteiger partial charge in [-0.25, -0.2) is 4.98 Å². The molecule has 1 fully saturated rings. The number of aliphatic hydroxyl groups is 1. The zero-order valence-corrected chi connectivity index (χ0v) is 20.9. The Morgan fingerprint density at radius 1 is 1.21 bits per heavy atom. The van der Waals surface area contributed by atoms with E-state index in [1.807, 2.05) is 42.2 Å². The maximum atomic E-state index is 13.0. The molecule has 4 aromatic heterocycles. The van der Waals surface area contributed by atoms with Gasteiger partial charge in [-0.15, -0.1) is 0 Å². The van der Waals surface area contributed by atoms with Gasteiger partial charge in [0, 0.05) is 43.2 Å². The number of carbonyl (C=O) groups is 1. The Kier molecular flexibility index (Phi) is 7.85. The minimum atomic E-state index is -0.365. The highest BCUT2D eigenvalue weighted by molar-refractivity contribution is 5.93. The summed E-state index contributed by atoms with van der Waals surface area (Å²) in [6, 6.07) is 10.8. The second kappa shape index (κ2) is 11.8.